The van der Waals surface area contributed by atoms with E-state index >= 15 is 0 Å². The van der Waals surface area contributed by atoms with Crippen LogP contribution in [0.25, 0.3) is 0 Å². The summed E-state index contributed by atoms with van der Waals surface area (Å²) in [5.74, 6) is 0.813. The highest BCUT2D eigenvalue weighted by molar-refractivity contribution is 5.31. The Labute approximate surface area is 125 Å². The van der Waals surface area contributed by atoms with E-state index in [1.807, 2.05) is 14.0 Å². The number of hydrogen-bond acceptors (Lipinski definition) is 4. The molecule has 0 amide bonds. The van der Waals surface area contributed by atoms with Gasteiger partial charge in [0.2, 0.25) is 5.88 Å². The van der Waals surface area contributed by atoms with Crippen molar-refractivity contribution in [1.82, 2.24) is 15.1 Å². The second kappa shape index (κ2) is 7.24. The van der Waals surface area contributed by atoms with Gasteiger partial charge in [0.15, 0.2) is 0 Å². The van der Waals surface area contributed by atoms with E-state index < -0.39 is 0 Å². The number of ether oxygens (including phenoxy) is 2. The Kier molecular flexibility index (Phi) is 5.36. The van der Waals surface area contributed by atoms with Gasteiger partial charge in [-0.2, -0.15) is 5.10 Å². The normalized spacial score (nSPS) is 10.9. The van der Waals surface area contributed by atoms with Crippen LogP contribution in [0.15, 0.2) is 24.3 Å². The lowest BCUT2D eigenvalue weighted by molar-refractivity contribution is 0.185. The maximum atomic E-state index is 5.39. The van der Waals surface area contributed by atoms with Gasteiger partial charge in [-0.15, -0.1) is 0 Å². The molecule has 0 spiro atoms. The molecule has 1 aromatic carbocycles. The number of hydrogen-bond donors (Lipinski definition) is 1. The fourth-order valence-electron chi connectivity index (χ4n) is 2.47. The van der Waals surface area contributed by atoms with Crippen LogP contribution in [0.5, 0.6) is 5.88 Å². The quantitative estimate of drug-likeness (QED) is 0.848. The van der Waals surface area contributed by atoms with Crippen molar-refractivity contribution in [3.05, 3.63) is 46.6 Å². The minimum Gasteiger partial charge on any atom is -0.481 e. The highest BCUT2D eigenvalue weighted by Crippen LogP contribution is 2.20. The van der Waals surface area contributed by atoms with Gasteiger partial charge in [-0.05, 0) is 18.1 Å². The highest BCUT2D eigenvalue weighted by atomic mass is 16.5. The summed E-state index contributed by atoms with van der Waals surface area (Å²) in [5, 5.41) is 7.82. The van der Waals surface area contributed by atoms with Gasteiger partial charge in [0, 0.05) is 27.2 Å². The van der Waals surface area contributed by atoms with Crippen molar-refractivity contribution in [2.75, 3.05) is 14.2 Å². The monoisotopic (exact) mass is 289 g/mol. The summed E-state index contributed by atoms with van der Waals surface area (Å²) in [7, 11) is 5.28. The van der Waals surface area contributed by atoms with Crippen LogP contribution < -0.4 is 10.1 Å². The fraction of sp³-hybridized carbons (Fsp3) is 0.438. The first kappa shape index (κ1) is 15.5. The molecule has 114 valence electrons. The van der Waals surface area contributed by atoms with Crippen LogP contribution in [-0.2, 0) is 31.5 Å². The van der Waals surface area contributed by atoms with Crippen molar-refractivity contribution in [1.29, 1.82) is 0 Å². The fourth-order valence-corrected chi connectivity index (χ4v) is 2.47. The Morgan fingerprint density at radius 1 is 1.19 bits per heavy atom. The number of nitrogens with zero attached hydrogens (tertiary/aromatic N) is 2. The van der Waals surface area contributed by atoms with Crippen LogP contribution >= 0.6 is 0 Å². The zero-order valence-corrected chi connectivity index (χ0v) is 13.1. The SMILES string of the molecule is COCc1cccc(CNCc2c(C)nn(C)c2OC)c1. The molecule has 0 aliphatic rings. The van der Waals surface area contributed by atoms with E-state index in [0.717, 1.165) is 30.2 Å². The van der Waals surface area contributed by atoms with Crippen molar-refractivity contribution < 1.29 is 9.47 Å². The molecule has 2 aromatic rings. The first-order chi connectivity index (χ1) is 10.2. The summed E-state index contributed by atoms with van der Waals surface area (Å²) in [6, 6.07) is 8.39. The molecule has 1 N–H and O–H groups in total. The summed E-state index contributed by atoms with van der Waals surface area (Å²) in [6.07, 6.45) is 0. The predicted octanol–water partition coefficient (Wildman–Crippen LogP) is 2.17. The highest BCUT2D eigenvalue weighted by Gasteiger charge is 2.12. The van der Waals surface area contributed by atoms with Crippen LogP contribution in [0.3, 0.4) is 0 Å². The summed E-state index contributed by atoms with van der Waals surface area (Å²) in [6.45, 7) is 4.18. The molecule has 1 heterocycles. The Morgan fingerprint density at radius 2 is 1.95 bits per heavy atom. The van der Waals surface area contributed by atoms with Crippen LogP contribution in [0.1, 0.15) is 22.4 Å². The number of benzene rings is 1. The molecule has 21 heavy (non-hydrogen) atoms. The molecule has 0 radical (unpaired) electrons. The van der Waals surface area contributed by atoms with Gasteiger partial charge in [0.25, 0.3) is 0 Å². The molecule has 5 heteroatoms. The van der Waals surface area contributed by atoms with E-state index in [1.165, 1.54) is 11.1 Å². The van der Waals surface area contributed by atoms with E-state index in [1.54, 1.807) is 18.9 Å². The molecule has 1 aromatic heterocycles. The van der Waals surface area contributed by atoms with Gasteiger partial charge in [0.05, 0.1) is 25.0 Å². The number of nitrogens with one attached hydrogen (secondary N) is 1. The lowest BCUT2D eigenvalue weighted by Gasteiger charge is -2.08. The number of aromatic nitrogens is 2. The zero-order valence-electron chi connectivity index (χ0n) is 13.1. The Bertz CT molecular complexity index is 593. The van der Waals surface area contributed by atoms with Gasteiger partial charge < -0.3 is 14.8 Å². The largest absolute Gasteiger partial charge is 0.481 e. The standard InChI is InChI=1S/C16H23N3O2/c1-12-15(16(21-4)19(2)18-12)10-17-9-13-6-5-7-14(8-13)11-20-3/h5-8,17H,9-11H2,1-4H3. The molecular weight excluding hydrogens is 266 g/mol. The summed E-state index contributed by atoms with van der Waals surface area (Å²) in [5.41, 5.74) is 4.53. The molecule has 0 aliphatic heterocycles. The van der Waals surface area contributed by atoms with E-state index in [0.29, 0.717) is 6.61 Å². The lowest BCUT2D eigenvalue weighted by atomic mass is 10.1. The Hall–Kier alpha value is -1.85. The first-order valence-corrected chi connectivity index (χ1v) is 6.99. The third kappa shape index (κ3) is 3.83. The summed E-state index contributed by atoms with van der Waals surface area (Å²) in [4.78, 5) is 0. The van der Waals surface area contributed by atoms with Crippen LogP contribution in [0.2, 0.25) is 0 Å². The summed E-state index contributed by atoms with van der Waals surface area (Å²) < 4.78 is 12.3. The zero-order chi connectivity index (χ0) is 15.2. The molecule has 0 fully saturated rings. The Morgan fingerprint density at radius 3 is 2.67 bits per heavy atom. The van der Waals surface area contributed by atoms with Gasteiger partial charge >= 0.3 is 0 Å². The third-order valence-electron chi connectivity index (χ3n) is 3.42. The van der Waals surface area contributed by atoms with Crippen molar-refractivity contribution in [2.45, 2.75) is 26.6 Å². The average molecular weight is 289 g/mol. The second-order valence-electron chi connectivity index (χ2n) is 5.05. The minimum absolute atomic E-state index is 0.642. The Balaban J connectivity index is 1.97. The topological polar surface area (TPSA) is 48.3 Å². The molecule has 2 rings (SSSR count). The molecule has 5 nitrogen and oxygen atoms in total. The maximum Gasteiger partial charge on any atom is 0.216 e. The molecule has 0 atom stereocenters. The summed E-state index contributed by atoms with van der Waals surface area (Å²) >= 11 is 0. The van der Waals surface area contributed by atoms with Crippen molar-refractivity contribution in [3.8, 4) is 5.88 Å². The van der Waals surface area contributed by atoms with E-state index in [9.17, 15) is 0 Å². The van der Waals surface area contributed by atoms with Gasteiger partial charge in [0.1, 0.15) is 0 Å². The second-order valence-corrected chi connectivity index (χ2v) is 5.05. The predicted molar refractivity (Wildman–Crippen MR) is 82.2 cm³/mol. The molecule has 0 unspecified atom stereocenters. The van der Waals surface area contributed by atoms with Crippen LogP contribution in [-0.4, -0.2) is 24.0 Å². The van der Waals surface area contributed by atoms with Crippen molar-refractivity contribution >= 4 is 0 Å². The molecular formula is C16H23N3O2. The minimum atomic E-state index is 0.642. The van der Waals surface area contributed by atoms with E-state index in [-0.39, 0.29) is 0 Å². The number of rotatable bonds is 7. The van der Waals surface area contributed by atoms with Crippen molar-refractivity contribution in [3.63, 3.8) is 0 Å². The van der Waals surface area contributed by atoms with Gasteiger partial charge in [-0.1, -0.05) is 24.3 Å². The number of aryl methyl sites for hydroxylation is 2. The molecule has 0 aliphatic carbocycles. The van der Waals surface area contributed by atoms with Gasteiger partial charge in [-0.25, -0.2) is 4.68 Å². The average Bonchev–Trinajstić information content (AvgIpc) is 2.73. The molecule has 0 saturated carbocycles. The van der Waals surface area contributed by atoms with E-state index in [2.05, 4.69) is 34.7 Å². The lowest BCUT2D eigenvalue weighted by Crippen LogP contribution is -2.14. The number of methoxy groups -OCH3 is 2. The van der Waals surface area contributed by atoms with Crippen LogP contribution in [0.4, 0.5) is 0 Å². The van der Waals surface area contributed by atoms with Crippen LogP contribution in [0, 0.1) is 6.92 Å². The molecule has 0 saturated heterocycles. The van der Waals surface area contributed by atoms with Crippen molar-refractivity contribution in [2.24, 2.45) is 7.05 Å². The maximum absolute atomic E-state index is 5.39. The third-order valence-corrected chi connectivity index (χ3v) is 3.42. The van der Waals surface area contributed by atoms with E-state index in [4.69, 9.17) is 9.47 Å². The first-order valence-electron chi connectivity index (χ1n) is 6.99. The molecule has 0 bridgehead atoms. The van der Waals surface area contributed by atoms with Gasteiger partial charge in [-0.3, -0.25) is 0 Å². The smallest absolute Gasteiger partial charge is 0.216 e.